The first-order valence-corrected chi connectivity index (χ1v) is 6.98. The van der Waals surface area contributed by atoms with Gasteiger partial charge in [0.25, 0.3) is 5.92 Å². The standard InChI is InChI=1S/C16H12F3N3O2/c1-16(18,19)12-6-9(14-8-24-15(23)22-21-14)2-4-11(12)13-5-3-10(17)7-20-13/h2-7H,8H2,1H3,(H,22,23). The average Bonchev–Trinajstić information content (AvgIpc) is 2.55. The molecule has 0 unspecified atom stereocenters. The molecule has 1 aliphatic rings. The summed E-state index contributed by atoms with van der Waals surface area (Å²) in [5.41, 5.74) is 2.97. The monoisotopic (exact) mass is 335 g/mol. The van der Waals surface area contributed by atoms with E-state index in [2.05, 4.69) is 15.5 Å². The number of nitrogens with zero attached hydrogens (tertiary/aromatic N) is 2. The van der Waals surface area contributed by atoms with Gasteiger partial charge in [-0.1, -0.05) is 12.1 Å². The van der Waals surface area contributed by atoms with Crippen molar-refractivity contribution in [3.8, 4) is 11.3 Å². The number of carbonyl (C=O) groups is 1. The zero-order chi connectivity index (χ0) is 17.3. The summed E-state index contributed by atoms with van der Waals surface area (Å²) in [6, 6.07) is 6.78. The fraction of sp³-hybridized carbons (Fsp3) is 0.188. The number of rotatable bonds is 3. The molecule has 1 N–H and O–H groups in total. The van der Waals surface area contributed by atoms with Crippen molar-refractivity contribution in [1.82, 2.24) is 10.4 Å². The number of alkyl halides is 2. The lowest BCUT2D eigenvalue weighted by Gasteiger charge is -2.19. The van der Waals surface area contributed by atoms with Crippen LogP contribution in [-0.2, 0) is 10.7 Å². The molecule has 1 aromatic carbocycles. The minimum absolute atomic E-state index is 0.116. The molecule has 0 spiro atoms. The molecule has 2 aromatic rings. The fourth-order valence-electron chi connectivity index (χ4n) is 2.30. The van der Waals surface area contributed by atoms with E-state index < -0.39 is 17.8 Å². The second-order valence-corrected chi connectivity index (χ2v) is 5.26. The molecule has 0 fully saturated rings. The van der Waals surface area contributed by atoms with Gasteiger partial charge in [-0.2, -0.15) is 5.10 Å². The quantitative estimate of drug-likeness (QED) is 0.934. The van der Waals surface area contributed by atoms with E-state index in [1.807, 2.05) is 0 Å². The first kappa shape index (κ1) is 16.0. The van der Waals surface area contributed by atoms with Crippen LogP contribution in [0.5, 0.6) is 0 Å². The van der Waals surface area contributed by atoms with E-state index in [4.69, 9.17) is 4.74 Å². The number of pyridine rings is 1. The van der Waals surface area contributed by atoms with E-state index in [1.165, 1.54) is 18.2 Å². The van der Waals surface area contributed by atoms with Gasteiger partial charge in [0.05, 0.1) is 11.9 Å². The van der Waals surface area contributed by atoms with Crippen LogP contribution in [0.3, 0.4) is 0 Å². The van der Waals surface area contributed by atoms with E-state index in [0.717, 1.165) is 19.2 Å². The molecule has 5 nitrogen and oxygen atoms in total. The molecular formula is C16H12F3N3O2. The lowest BCUT2D eigenvalue weighted by molar-refractivity contribution is 0.0180. The number of benzene rings is 1. The van der Waals surface area contributed by atoms with Crippen molar-refractivity contribution in [2.45, 2.75) is 12.8 Å². The van der Waals surface area contributed by atoms with Gasteiger partial charge in [0.1, 0.15) is 18.1 Å². The first-order valence-electron chi connectivity index (χ1n) is 6.98. The highest BCUT2D eigenvalue weighted by Gasteiger charge is 2.29. The number of carbonyl (C=O) groups excluding carboxylic acids is 1. The molecule has 0 atom stereocenters. The van der Waals surface area contributed by atoms with Gasteiger partial charge in [-0.05, 0) is 18.2 Å². The van der Waals surface area contributed by atoms with Crippen LogP contribution >= 0.6 is 0 Å². The van der Waals surface area contributed by atoms with Crippen LogP contribution in [0.4, 0.5) is 18.0 Å². The Kier molecular flexibility index (Phi) is 3.96. The maximum Gasteiger partial charge on any atom is 0.428 e. The number of hydrazone groups is 1. The molecule has 2 heterocycles. The number of halogens is 3. The van der Waals surface area contributed by atoms with E-state index in [9.17, 15) is 18.0 Å². The van der Waals surface area contributed by atoms with Crippen LogP contribution in [0, 0.1) is 5.82 Å². The van der Waals surface area contributed by atoms with Crippen molar-refractivity contribution < 1.29 is 22.7 Å². The largest absolute Gasteiger partial charge is 0.442 e. The smallest absolute Gasteiger partial charge is 0.428 e. The lowest BCUT2D eigenvalue weighted by Crippen LogP contribution is -2.30. The Morgan fingerprint density at radius 1 is 1.25 bits per heavy atom. The molecule has 0 bridgehead atoms. The molecule has 1 aliphatic heterocycles. The number of hydrogen-bond acceptors (Lipinski definition) is 4. The topological polar surface area (TPSA) is 63.6 Å². The fourth-order valence-corrected chi connectivity index (χ4v) is 2.30. The van der Waals surface area contributed by atoms with E-state index in [-0.39, 0.29) is 23.4 Å². The van der Waals surface area contributed by atoms with Gasteiger partial charge in [-0.25, -0.2) is 23.4 Å². The van der Waals surface area contributed by atoms with E-state index in [0.29, 0.717) is 11.3 Å². The summed E-state index contributed by atoms with van der Waals surface area (Å²) in [4.78, 5) is 14.8. The Labute approximate surface area is 135 Å². The second-order valence-electron chi connectivity index (χ2n) is 5.26. The van der Waals surface area contributed by atoms with Crippen LogP contribution in [0.1, 0.15) is 18.1 Å². The number of cyclic esters (lactones) is 1. The van der Waals surface area contributed by atoms with E-state index >= 15 is 0 Å². The highest BCUT2D eigenvalue weighted by molar-refractivity contribution is 6.04. The number of amides is 1. The van der Waals surface area contributed by atoms with Crippen LogP contribution in [0.25, 0.3) is 11.3 Å². The molecule has 1 amide bonds. The van der Waals surface area contributed by atoms with Crippen molar-refractivity contribution in [3.05, 3.63) is 53.5 Å². The van der Waals surface area contributed by atoms with Crippen LogP contribution < -0.4 is 5.43 Å². The molecule has 24 heavy (non-hydrogen) atoms. The highest BCUT2D eigenvalue weighted by atomic mass is 19.3. The third-order valence-corrected chi connectivity index (χ3v) is 3.45. The molecular weight excluding hydrogens is 323 g/mol. The summed E-state index contributed by atoms with van der Waals surface area (Å²) in [6.07, 6.45) is 0.266. The van der Waals surface area contributed by atoms with Gasteiger partial charge in [-0.3, -0.25) is 4.98 Å². The molecule has 0 saturated heterocycles. The SMILES string of the molecule is CC(F)(F)c1cc(C2=NNC(=O)OC2)ccc1-c1ccc(F)cn1. The third kappa shape index (κ3) is 3.22. The third-order valence-electron chi connectivity index (χ3n) is 3.45. The molecule has 0 aliphatic carbocycles. The Bertz CT molecular complexity index is 814. The molecule has 0 radical (unpaired) electrons. The van der Waals surface area contributed by atoms with Crippen LogP contribution in [0.15, 0.2) is 41.6 Å². The summed E-state index contributed by atoms with van der Waals surface area (Å²) in [7, 11) is 0. The minimum atomic E-state index is -3.15. The van der Waals surface area contributed by atoms with Gasteiger partial charge < -0.3 is 4.74 Å². The number of hydrogen-bond donors (Lipinski definition) is 1. The van der Waals surface area contributed by atoms with Crippen molar-refractivity contribution in [2.75, 3.05) is 6.61 Å². The van der Waals surface area contributed by atoms with Gasteiger partial charge in [0, 0.05) is 23.6 Å². The summed E-state index contributed by atoms with van der Waals surface area (Å²) in [5, 5.41) is 3.80. The zero-order valence-corrected chi connectivity index (χ0v) is 12.5. The zero-order valence-electron chi connectivity index (χ0n) is 12.5. The van der Waals surface area contributed by atoms with E-state index in [1.54, 1.807) is 6.07 Å². The summed E-state index contributed by atoms with van der Waals surface area (Å²) in [5.74, 6) is -3.70. The summed E-state index contributed by atoms with van der Waals surface area (Å²) in [6.45, 7) is 0.648. The predicted octanol–water partition coefficient (Wildman–Crippen LogP) is 3.44. The second kappa shape index (κ2) is 5.95. The molecule has 8 heteroatoms. The van der Waals surface area contributed by atoms with Crippen molar-refractivity contribution >= 4 is 11.8 Å². The van der Waals surface area contributed by atoms with Crippen LogP contribution in [-0.4, -0.2) is 23.4 Å². The molecule has 124 valence electrons. The maximum atomic E-state index is 14.0. The van der Waals surface area contributed by atoms with Crippen LogP contribution in [0.2, 0.25) is 0 Å². The van der Waals surface area contributed by atoms with Crippen molar-refractivity contribution in [2.24, 2.45) is 5.10 Å². The Hall–Kier alpha value is -2.90. The lowest BCUT2D eigenvalue weighted by atomic mass is 9.95. The Morgan fingerprint density at radius 2 is 2.04 bits per heavy atom. The summed E-state index contributed by atoms with van der Waals surface area (Å²) < 4.78 is 45.9. The molecule has 0 saturated carbocycles. The highest BCUT2D eigenvalue weighted by Crippen LogP contribution is 2.35. The summed E-state index contributed by atoms with van der Waals surface area (Å²) >= 11 is 0. The number of ether oxygens (including phenoxy) is 1. The average molecular weight is 335 g/mol. The Balaban J connectivity index is 2.08. The van der Waals surface area contributed by atoms with Gasteiger partial charge >= 0.3 is 6.09 Å². The van der Waals surface area contributed by atoms with Gasteiger partial charge in [0.2, 0.25) is 0 Å². The molecule has 1 aromatic heterocycles. The van der Waals surface area contributed by atoms with Crippen molar-refractivity contribution in [3.63, 3.8) is 0 Å². The minimum Gasteiger partial charge on any atom is -0.442 e. The number of aromatic nitrogens is 1. The van der Waals surface area contributed by atoms with Crippen molar-refractivity contribution in [1.29, 1.82) is 0 Å². The predicted molar refractivity (Wildman–Crippen MR) is 80.2 cm³/mol. The normalized spacial score (nSPS) is 14.7. The first-order chi connectivity index (χ1) is 11.3. The van der Waals surface area contributed by atoms with Gasteiger partial charge in [0.15, 0.2) is 0 Å². The molecule has 3 rings (SSSR count). The maximum absolute atomic E-state index is 14.0. The number of nitrogens with one attached hydrogen (secondary N) is 1. The van der Waals surface area contributed by atoms with Gasteiger partial charge in [-0.15, -0.1) is 0 Å². The Morgan fingerprint density at radius 3 is 2.62 bits per heavy atom.